The zero-order valence-corrected chi connectivity index (χ0v) is 11.5. The fourth-order valence-corrected chi connectivity index (χ4v) is 3.21. The molecule has 1 aromatic carbocycles. The molecule has 8 heteroatoms. The van der Waals surface area contributed by atoms with Gasteiger partial charge in [0.1, 0.15) is 0 Å². The first-order valence-corrected chi connectivity index (χ1v) is 7.13. The summed E-state index contributed by atoms with van der Waals surface area (Å²) < 4.78 is 25.8. The molecule has 0 atom stereocenters. The van der Waals surface area contributed by atoms with Crippen LogP contribution < -0.4 is 5.73 Å². The van der Waals surface area contributed by atoms with Crippen molar-refractivity contribution in [1.29, 1.82) is 0 Å². The highest BCUT2D eigenvalue weighted by Gasteiger charge is 2.28. The smallest absolute Gasteiger partial charge is 0.337 e. The normalized spacial score (nSPS) is 11.5. The largest absolute Gasteiger partial charge is 0.478 e. The molecule has 1 aromatic rings. The molecule has 0 saturated heterocycles. The van der Waals surface area contributed by atoms with Gasteiger partial charge in [-0.3, -0.25) is 0 Å². The number of carboxylic acid groups (broad SMARTS) is 1. The van der Waals surface area contributed by atoms with Crippen molar-refractivity contribution in [1.82, 2.24) is 4.31 Å². The molecule has 0 fully saturated rings. The lowest BCUT2D eigenvalue weighted by molar-refractivity contribution is 0.0692. The van der Waals surface area contributed by atoms with Crippen molar-refractivity contribution in [3.63, 3.8) is 0 Å². The standard InChI is InChI=1S/C12H16N2O5S/c1-2-5-14(6-7-15)20(18,19)11-4-3-9(13)8-10(11)12(16)17/h2-4,8,15H,1,5-7,13H2,(H,16,17). The molecule has 4 N–H and O–H groups in total. The first-order valence-electron chi connectivity index (χ1n) is 5.69. The minimum absolute atomic E-state index is 0.0354. The van der Waals surface area contributed by atoms with Crippen molar-refractivity contribution in [3.8, 4) is 0 Å². The number of nitrogens with two attached hydrogens (primary N) is 1. The van der Waals surface area contributed by atoms with Crippen molar-refractivity contribution in [2.75, 3.05) is 25.4 Å². The fourth-order valence-electron chi connectivity index (χ4n) is 1.64. The SMILES string of the molecule is C=CCN(CCO)S(=O)(=O)c1ccc(N)cc1C(=O)O. The van der Waals surface area contributed by atoms with Crippen LogP contribution >= 0.6 is 0 Å². The highest BCUT2D eigenvalue weighted by atomic mass is 32.2. The van der Waals surface area contributed by atoms with Gasteiger partial charge in [-0.2, -0.15) is 4.31 Å². The van der Waals surface area contributed by atoms with E-state index in [2.05, 4.69) is 6.58 Å². The second-order valence-corrected chi connectivity index (χ2v) is 5.84. The van der Waals surface area contributed by atoms with E-state index in [9.17, 15) is 13.2 Å². The molecule has 0 radical (unpaired) electrons. The third-order valence-corrected chi connectivity index (χ3v) is 4.46. The molecule has 20 heavy (non-hydrogen) atoms. The van der Waals surface area contributed by atoms with Crippen molar-refractivity contribution in [2.24, 2.45) is 0 Å². The average molecular weight is 300 g/mol. The Morgan fingerprint density at radius 1 is 1.45 bits per heavy atom. The maximum absolute atomic E-state index is 12.4. The molecule has 110 valence electrons. The molecule has 1 rings (SSSR count). The third kappa shape index (κ3) is 3.35. The maximum Gasteiger partial charge on any atom is 0.337 e. The minimum atomic E-state index is -4.05. The lowest BCUT2D eigenvalue weighted by Gasteiger charge is -2.20. The topological polar surface area (TPSA) is 121 Å². The number of aliphatic hydroxyl groups is 1. The quantitative estimate of drug-likeness (QED) is 0.486. The molecule has 0 spiro atoms. The van der Waals surface area contributed by atoms with E-state index >= 15 is 0 Å². The summed E-state index contributed by atoms with van der Waals surface area (Å²) in [6, 6.07) is 3.53. The number of aliphatic hydroxyl groups excluding tert-OH is 1. The Kier molecular flexibility index (Phi) is 5.26. The van der Waals surface area contributed by atoms with Gasteiger partial charge in [-0.25, -0.2) is 13.2 Å². The van der Waals surface area contributed by atoms with Crippen molar-refractivity contribution in [3.05, 3.63) is 36.4 Å². The van der Waals surface area contributed by atoms with E-state index in [1.165, 1.54) is 12.1 Å². The van der Waals surface area contributed by atoms with Gasteiger partial charge in [-0.05, 0) is 18.2 Å². The lowest BCUT2D eigenvalue weighted by Crippen LogP contribution is -2.34. The Bertz CT molecular complexity index is 612. The van der Waals surface area contributed by atoms with Gasteiger partial charge in [0.15, 0.2) is 0 Å². The number of hydrogen-bond acceptors (Lipinski definition) is 5. The summed E-state index contributed by atoms with van der Waals surface area (Å²) in [5, 5.41) is 18.0. The van der Waals surface area contributed by atoms with E-state index < -0.39 is 21.6 Å². The summed E-state index contributed by atoms with van der Waals surface area (Å²) in [6.45, 7) is 2.86. The van der Waals surface area contributed by atoms with E-state index in [-0.39, 0.29) is 30.3 Å². The van der Waals surface area contributed by atoms with Gasteiger partial charge in [0.25, 0.3) is 0 Å². The molecule has 0 heterocycles. The Hall–Kier alpha value is -1.90. The molecule has 0 saturated carbocycles. The monoisotopic (exact) mass is 300 g/mol. The van der Waals surface area contributed by atoms with Gasteiger partial charge >= 0.3 is 5.97 Å². The molecule has 0 amide bonds. The van der Waals surface area contributed by atoms with Crippen molar-refractivity contribution < 1.29 is 23.4 Å². The summed E-state index contributed by atoms with van der Waals surface area (Å²) in [7, 11) is -4.05. The number of nitrogen functional groups attached to an aromatic ring is 1. The van der Waals surface area contributed by atoms with Crippen LogP contribution in [0.15, 0.2) is 35.7 Å². The van der Waals surface area contributed by atoms with Crippen LogP contribution in [0.25, 0.3) is 0 Å². The number of carboxylic acids is 1. The van der Waals surface area contributed by atoms with Gasteiger partial charge < -0.3 is 15.9 Å². The van der Waals surface area contributed by atoms with E-state index in [1.807, 2.05) is 0 Å². The zero-order valence-electron chi connectivity index (χ0n) is 10.7. The number of carbonyl (C=O) groups is 1. The van der Waals surface area contributed by atoms with Crippen LogP contribution in [0.2, 0.25) is 0 Å². The first kappa shape index (κ1) is 16.2. The Morgan fingerprint density at radius 2 is 2.10 bits per heavy atom. The summed E-state index contributed by atoms with van der Waals surface area (Å²) in [5.74, 6) is -1.39. The number of anilines is 1. The second-order valence-electron chi connectivity index (χ2n) is 3.94. The number of aromatic carboxylic acids is 1. The predicted molar refractivity (Wildman–Crippen MR) is 73.9 cm³/mol. The Morgan fingerprint density at radius 3 is 2.60 bits per heavy atom. The van der Waals surface area contributed by atoms with E-state index in [1.54, 1.807) is 0 Å². The fraction of sp³-hybridized carbons (Fsp3) is 0.250. The molecule has 0 aliphatic heterocycles. The third-order valence-electron chi connectivity index (χ3n) is 2.53. The molecule has 0 bridgehead atoms. The Balaban J connectivity index is 3.40. The maximum atomic E-state index is 12.4. The number of hydrogen-bond donors (Lipinski definition) is 3. The average Bonchev–Trinajstić information content (AvgIpc) is 2.38. The van der Waals surface area contributed by atoms with Crippen LogP contribution in [0.4, 0.5) is 5.69 Å². The van der Waals surface area contributed by atoms with Crippen LogP contribution in [-0.2, 0) is 10.0 Å². The van der Waals surface area contributed by atoms with Gasteiger partial charge in [0, 0.05) is 18.8 Å². The van der Waals surface area contributed by atoms with Gasteiger partial charge in [-0.15, -0.1) is 6.58 Å². The summed E-state index contributed by atoms with van der Waals surface area (Å²) in [4.78, 5) is 10.8. The summed E-state index contributed by atoms with van der Waals surface area (Å²) in [6.07, 6.45) is 1.35. The van der Waals surface area contributed by atoms with Gasteiger partial charge in [0.2, 0.25) is 10.0 Å². The van der Waals surface area contributed by atoms with E-state index in [0.29, 0.717) is 0 Å². The van der Waals surface area contributed by atoms with Crippen LogP contribution in [0, 0.1) is 0 Å². The van der Waals surface area contributed by atoms with Gasteiger partial charge in [0.05, 0.1) is 17.1 Å². The lowest BCUT2D eigenvalue weighted by atomic mass is 10.2. The number of nitrogens with zero attached hydrogens (tertiary/aromatic N) is 1. The molecule has 0 aromatic heterocycles. The molecular weight excluding hydrogens is 284 g/mol. The van der Waals surface area contributed by atoms with Crippen LogP contribution in [0.3, 0.4) is 0 Å². The summed E-state index contributed by atoms with van der Waals surface area (Å²) in [5.41, 5.74) is 5.22. The molecule has 0 unspecified atom stereocenters. The predicted octanol–water partition coefficient (Wildman–Crippen LogP) is 0.136. The molecular formula is C12H16N2O5S. The van der Waals surface area contributed by atoms with Crippen LogP contribution in [0.1, 0.15) is 10.4 Å². The van der Waals surface area contributed by atoms with E-state index in [0.717, 1.165) is 16.4 Å². The molecule has 0 aliphatic rings. The number of rotatable bonds is 7. The van der Waals surface area contributed by atoms with Crippen LogP contribution in [0.5, 0.6) is 0 Å². The highest BCUT2D eigenvalue weighted by Crippen LogP contribution is 2.22. The summed E-state index contributed by atoms with van der Waals surface area (Å²) >= 11 is 0. The van der Waals surface area contributed by atoms with Crippen molar-refractivity contribution in [2.45, 2.75) is 4.90 Å². The number of sulfonamides is 1. The second kappa shape index (κ2) is 6.51. The minimum Gasteiger partial charge on any atom is -0.478 e. The van der Waals surface area contributed by atoms with Gasteiger partial charge in [-0.1, -0.05) is 6.08 Å². The Labute approximate surface area is 117 Å². The van der Waals surface area contributed by atoms with Crippen molar-refractivity contribution >= 4 is 21.7 Å². The highest BCUT2D eigenvalue weighted by molar-refractivity contribution is 7.89. The zero-order chi connectivity index (χ0) is 15.3. The first-order chi connectivity index (χ1) is 9.34. The van der Waals surface area contributed by atoms with Crippen LogP contribution in [-0.4, -0.2) is 48.6 Å². The van der Waals surface area contributed by atoms with E-state index in [4.69, 9.17) is 15.9 Å². The number of benzene rings is 1. The molecule has 0 aliphatic carbocycles. The molecule has 7 nitrogen and oxygen atoms in total.